The molecule has 1 unspecified atom stereocenters. The number of likely N-dealkylation sites (tertiary alicyclic amines) is 1. The molecule has 3 aromatic rings. The SMILES string of the molecule is Cc1cccn2ncc(CN3CCC(Cc4cncc(C(=O)NCCO)c4)C3)c12. The number of nitrogens with one attached hydrogen (secondary N) is 1. The second-order valence-corrected chi connectivity index (χ2v) is 7.81. The zero-order valence-electron chi connectivity index (χ0n) is 16.7. The van der Waals surface area contributed by atoms with Crippen LogP contribution >= 0.6 is 0 Å². The van der Waals surface area contributed by atoms with Crippen LogP contribution in [0.2, 0.25) is 0 Å². The number of carbonyl (C=O) groups is 1. The second kappa shape index (κ2) is 8.71. The molecule has 0 aliphatic carbocycles. The van der Waals surface area contributed by atoms with E-state index >= 15 is 0 Å². The summed E-state index contributed by atoms with van der Waals surface area (Å²) in [6, 6.07) is 6.07. The lowest BCUT2D eigenvalue weighted by Gasteiger charge is -2.16. The van der Waals surface area contributed by atoms with Gasteiger partial charge in [0.15, 0.2) is 0 Å². The Bertz CT molecular complexity index is 1000. The van der Waals surface area contributed by atoms with E-state index in [1.54, 1.807) is 6.20 Å². The lowest BCUT2D eigenvalue weighted by atomic mass is 9.99. The van der Waals surface area contributed by atoms with Crippen molar-refractivity contribution in [2.45, 2.75) is 26.3 Å². The van der Waals surface area contributed by atoms with Gasteiger partial charge in [-0.2, -0.15) is 5.10 Å². The van der Waals surface area contributed by atoms with Crippen LogP contribution in [-0.4, -0.2) is 56.8 Å². The van der Waals surface area contributed by atoms with E-state index in [0.29, 0.717) is 11.5 Å². The smallest absolute Gasteiger partial charge is 0.252 e. The summed E-state index contributed by atoms with van der Waals surface area (Å²) in [6.07, 6.45) is 9.45. The fourth-order valence-electron chi connectivity index (χ4n) is 4.20. The largest absolute Gasteiger partial charge is 0.395 e. The van der Waals surface area contributed by atoms with E-state index in [0.717, 1.165) is 38.0 Å². The van der Waals surface area contributed by atoms with Gasteiger partial charge in [0, 0.05) is 43.8 Å². The van der Waals surface area contributed by atoms with Crippen molar-refractivity contribution in [2.75, 3.05) is 26.2 Å². The summed E-state index contributed by atoms with van der Waals surface area (Å²) in [5, 5.41) is 16.0. The van der Waals surface area contributed by atoms with Crippen molar-refractivity contribution in [3.63, 3.8) is 0 Å². The molecule has 1 aliphatic rings. The molecule has 2 N–H and O–H groups in total. The molecule has 1 saturated heterocycles. The molecule has 1 amide bonds. The van der Waals surface area contributed by atoms with Gasteiger partial charge in [0.25, 0.3) is 5.91 Å². The monoisotopic (exact) mass is 393 g/mol. The number of rotatable bonds is 7. The maximum absolute atomic E-state index is 12.1. The van der Waals surface area contributed by atoms with E-state index in [9.17, 15) is 4.79 Å². The highest BCUT2D eigenvalue weighted by Gasteiger charge is 2.24. The quantitative estimate of drug-likeness (QED) is 0.640. The van der Waals surface area contributed by atoms with Crippen LogP contribution in [0.25, 0.3) is 5.52 Å². The van der Waals surface area contributed by atoms with Gasteiger partial charge in [-0.1, -0.05) is 6.07 Å². The van der Waals surface area contributed by atoms with Crippen molar-refractivity contribution in [2.24, 2.45) is 5.92 Å². The van der Waals surface area contributed by atoms with Crippen molar-refractivity contribution in [3.05, 3.63) is 65.2 Å². The molecule has 0 aromatic carbocycles. The number of amides is 1. The van der Waals surface area contributed by atoms with Gasteiger partial charge in [0.1, 0.15) is 0 Å². The first-order valence-electron chi connectivity index (χ1n) is 10.1. The predicted molar refractivity (Wildman–Crippen MR) is 111 cm³/mol. The summed E-state index contributed by atoms with van der Waals surface area (Å²) in [6.45, 7) is 5.32. The fourth-order valence-corrected chi connectivity index (χ4v) is 4.20. The molecule has 4 rings (SSSR count). The van der Waals surface area contributed by atoms with Crippen LogP contribution in [0.4, 0.5) is 0 Å². The van der Waals surface area contributed by atoms with Crippen LogP contribution in [0, 0.1) is 12.8 Å². The molecule has 152 valence electrons. The van der Waals surface area contributed by atoms with Gasteiger partial charge < -0.3 is 10.4 Å². The number of carbonyl (C=O) groups excluding carboxylic acids is 1. The molecule has 1 aliphatic heterocycles. The molecule has 0 radical (unpaired) electrons. The van der Waals surface area contributed by atoms with Gasteiger partial charge in [-0.25, -0.2) is 4.52 Å². The van der Waals surface area contributed by atoms with Gasteiger partial charge in [-0.05, 0) is 55.5 Å². The molecule has 0 bridgehead atoms. The maximum Gasteiger partial charge on any atom is 0.252 e. The zero-order valence-corrected chi connectivity index (χ0v) is 16.7. The molecule has 0 saturated carbocycles. The fraction of sp³-hybridized carbons (Fsp3) is 0.409. The average molecular weight is 393 g/mol. The van der Waals surface area contributed by atoms with E-state index in [1.807, 2.05) is 35.2 Å². The predicted octanol–water partition coefficient (Wildman–Crippen LogP) is 1.82. The minimum atomic E-state index is -0.190. The van der Waals surface area contributed by atoms with Gasteiger partial charge in [-0.3, -0.25) is 14.7 Å². The number of nitrogens with zero attached hydrogens (tertiary/aromatic N) is 4. The number of fused-ring (bicyclic) bond motifs is 1. The molecule has 1 fully saturated rings. The highest BCUT2D eigenvalue weighted by atomic mass is 16.3. The molecule has 0 spiro atoms. The highest BCUT2D eigenvalue weighted by Crippen LogP contribution is 2.24. The number of hydrogen-bond donors (Lipinski definition) is 2. The molecular weight excluding hydrogens is 366 g/mol. The van der Waals surface area contributed by atoms with Crippen LogP contribution in [0.3, 0.4) is 0 Å². The van der Waals surface area contributed by atoms with Crippen molar-refractivity contribution >= 4 is 11.4 Å². The zero-order chi connectivity index (χ0) is 20.2. The van der Waals surface area contributed by atoms with Gasteiger partial charge in [0.2, 0.25) is 0 Å². The Morgan fingerprint density at radius 3 is 3.10 bits per heavy atom. The summed E-state index contributed by atoms with van der Waals surface area (Å²) in [7, 11) is 0. The Labute approximate surface area is 170 Å². The molecule has 1 atom stereocenters. The molecule has 29 heavy (non-hydrogen) atoms. The lowest BCUT2D eigenvalue weighted by molar-refractivity contribution is 0.0944. The van der Waals surface area contributed by atoms with E-state index in [-0.39, 0.29) is 19.1 Å². The number of aromatic nitrogens is 3. The van der Waals surface area contributed by atoms with Crippen LogP contribution in [0.1, 0.15) is 33.5 Å². The lowest BCUT2D eigenvalue weighted by Crippen LogP contribution is -2.26. The number of aryl methyl sites for hydroxylation is 1. The van der Waals surface area contributed by atoms with Crippen molar-refractivity contribution < 1.29 is 9.90 Å². The van der Waals surface area contributed by atoms with Crippen molar-refractivity contribution in [1.29, 1.82) is 0 Å². The molecule has 3 aromatic heterocycles. The number of aliphatic hydroxyl groups excluding tert-OH is 1. The topological polar surface area (TPSA) is 82.8 Å². The standard InChI is InChI=1S/C22H27N5O2/c1-16-3-2-6-27-21(16)20(13-25-27)15-26-7-4-17(14-26)9-18-10-19(12-23-11-18)22(29)24-5-8-28/h2-3,6,10-13,17,28H,4-5,7-9,14-15H2,1H3,(H,24,29). The van der Waals surface area contributed by atoms with Crippen LogP contribution < -0.4 is 5.32 Å². The van der Waals surface area contributed by atoms with Crippen LogP contribution in [-0.2, 0) is 13.0 Å². The van der Waals surface area contributed by atoms with E-state index in [1.165, 1.54) is 16.6 Å². The molecule has 4 heterocycles. The highest BCUT2D eigenvalue weighted by molar-refractivity contribution is 5.93. The van der Waals surface area contributed by atoms with E-state index < -0.39 is 0 Å². The van der Waals surface area contributed by atoms with Crippen molar-refractivity contribution in [1.82, 2.24) is 24.8 Å². The average Bonchev–Trinajstić information content (AvgIpc) is 3.34. The summed E-state index contributed by atoms with van der Waals surface area (Å²) < 4.78 is 1.96. The van der Waals surface area contributed by atoms with E-state index in [4.69, 9.17) is 5.11 Å². The van der Waals surface area contributed by atoms with Crippen LogP contribution in [0.5, 0.6) is 0 Å². The van der Waals surface area contributed by atoms with Gasteiger partial charge >= 0.3 is 0 Å². The number of aliphatic hydroxyl groups is 1. The van der Waals surface area contributed by atoms with Gasteiger partial charge in [0.05, 0.1) is 23.9 Å². The minimum absolute atomic E-state index is 0.0665. The summed E-state index contributed by atoms with van der Waals surface area (Å²) in [5.74, 6) is 0.361. The summed E-state index contributed by atoms with van der Waals surface area (Å²) in [4.78, 5) is 18.8. The minimum Gasteiger partial charge on any atom is -0.395 e. The summed E-state index contributed by atoms with van der Waals surface area (Å²) >= 11 is 0. The van der Waals surface area contributed by atoms with E-state index in [2.05, 4.69) is 33.3 Å². The Morgan fingerprint density at radius 1 is 1.34 bits per heavy atom. The Kier molecular flexibility index (Phi) is 5.87. The third-order valence-electron chi connectivity index (χ3n) is 5.56. The summed E-state index contributed by atoms with van der Waals surface area (Å²) in [5.41, 5.74) is 5.36. The Balaban J connectivity index is 1.37. The molecule has 7 nitrogen and oxygen atoms in total. The second-order valence-electron chi connectivity index (χ2n) is 7.81. The third kappa shape index (κ3) is 4.46. The van der Waals surface area contributed by atoms with Gasteiger partial charge in [-0.15, -0.1) is 0 Å². The van der Waals surface area contributed by atoms with Crippen LogP contribution in [0.15, 0.2) is 43.0 Å². The molecule has 7 heteroatoms. The number of hydrogen-bond acceptors (Lipinski definition) is 5. The first-order valence-corrected chi connectivity index (χ1v) is 10.1. The first kappa shape index (κ1) is 19.5. The maximum atomic E-state index is 12.1. The Morgan fingerprint density at radius 2 is 2.24 bits per heavy atom. The van der Waals surface area contributed by atoms with Crippen molar-refractivity contribution in [3.8, 4) is 0 Å². The Hall–Kier alpha value is -2.77. The molecular formula is C22H27N5O2. The first-order chi connectivity index (χ1) is 14.1. The third-order valence-corrected chi connectivity index (χ3v) is 5.56. The normalized spacial score (nSPS) is 17.1. The number of pyridine rings is 2.